The first-order valence-corrected chi connectivity index (χ1v) is 12.9. The van der Waals surface area contributed by atoms with Crippen LogP contribution in [0.2, 0.25) is 0 Å². The molecule has 5 rings (SSSR count). The topological polar surface area (TPSA) is 50.4 Å². The molecule has 0 aromatic heterocycles. The van der Waals surface area contributed by atoms with Crippen molar-refractivity contribution in [2.45, 2.75) is 37.7 Å². The first-order chi connectivity index (χ1) is 19.4. The Morgan fingerprint density at radius 2 is 1.65 bits per heavy atom. The fourth-order valence-corrected chi connectivity index (χ4v) is 4.79. The lowest BCUT2D eigenvalue weighted by molar-refractivity contribution is -0.137. The molecular formula is C33H27F3N2O2. The fourth-order valence-electron chi connectivity index (χ4n) is 4.79. The molecule has 7 heteroatoms. The van der Waals surface area contributed by atoms with E-state index in [4.69, 9.17) is 4.74 Å². The molecule has 0 aliphatic carbocycles. The summed E-state index contributed by atoms with van der Waals surface area (Å²) >= 11 is 0. The van der Waals surface area contributed by atoms with Gasteiger partial charge in [0.1, 0.15) is 6.61 Å². The molecule has 0 radical (unpaired) electrons. The summed E-state index contributed by atoms with van der Waals surface area (Å²) in [5, 5.41) is 6.38. The number of para-hydroxylation sites is 1. The van der Waals surface area contributed by atoms with Crippen molar-refractivity contribution in [3.8, 4) is 11.8 Å². The molecule has 4 nitrogen and oxygen atoms in total. The van der Waals surface area contributed by atoms with Crippen LogP contribution in [-0.4, -0.2) is 6.09 Å². The maximum atomic E-state index is 13.5. The Morgan fingerprint density at radius 1 is 0.925 bits per heavy atom. The number of fused-ring (bicyclic) bond motifs is 1. The van der Waals surface area contributed by atoms with Crippen LogP contribution in [0.25, 0.3) is 0 Å². The van der Waals surface area contributed by atoms with Crippen molar-refractivity contribution >= 4 is 11.8 Å². The minimum Gasteiger partial charge on any atom is -0.445 e. The van der Waals surface area contributed by atoms with Crippen molar-refractivity contribution in [1.29, 1.82) is 0 Å². The Hall–Kier alpha value is -4.70. The first-order valence-electron chi connectivity index (χ1n) is 12.9. The monoisotopic (exact) mass is 540 g/mol. The summed E-state index contributed by atoms with van der Waals surface area (Å²) in [5.41, 5.74) is 3.99. The molecule has 1 heterocycles. The second-order valence-electron chi connectivity index (χ2n) is 9.54. The number of anilines is 1. The van der Waals surface area contributed by atoms with Gasteiger partial charge in [0.25, 0.3) is 0 Å². The van der Waals surface area contributed by atoms with Crippen molar-refractivity contribution in [3.63, 3.8) is 0 Å². The average Bonchev–Trinajstić information content (AvgIpc) is 2.97. The second kappa shape index (κ2) is 12.0. The van der Waals surface area contributed by atoms with Gasteiger partial charge in [-0.05, 0) is 52.9 Å². The van der Waals surface area contributed by atoms with Crippen LogP contribution in [0.4, 0.5) is 23.7 Å². The number of alkyl halides is 3. The predicted octanol–water partition coefficient (Wildman–Crippen LogP) is 7.82. The summed E-state index contributed by atoms with van der Waals surface area (Å²) < 4.78 is 45.9. The van der Waals surface area contributed by atoms with Gasteiger partial charge >= 0.3 is 12.3 Å². The lowest BCUT2D eigenvalue weighted by Crippen LogP contribution is -2.35. The standard InChI is InChI=1S/C33H27F3N2O2/c34-33(35,36)27-18-8-17-26(20-27)29-21-30(38-32(39)40-22-24-12-5-2-6-13-24)28-19-9-16-25(31(28)37-29)15-7-14-23-10-3-1-4-11-23/h1-6,8-13,16-20,29-30,37H,15,21-22H2,(H,38,39)/t29-,30-/m0/s1. The molecule has 0 spiro atoms. The highest BCUT2D eigenvalue weighted by Gasteiger charge is 2.34. The SMILES string of the molecule is O=C(N[C@H]1C[C@@H](c2cccc(C(F)(F)F)c2)Nc2c(CC#Cc3ccccc3)cccc21)OCc1ccccc1. The van der Waals surface area contributed by atoms with Gasteiger partial charge in [-0.25, -0.2) is 4.79 Å². The molecule has 0 saturated carbocycles. The molecule has 2 N–H and O–H groups in total. The molecule has 1 amide bonds. The Morgan fingerprint density at radius 3 is 2.40 bits per heavy atom. The lowest BCUT2D eigenvalue weighted by atomic mass is 9.87. The molecule has 4 aromatic rings. The predicted molar refractivity (Wildman–Crippen MR) is 148 cm³/mol. The summed E-state index contributed by atoms with van der Waals surface area (Å²) in [5.74, 6) is 6.35. The van der Waals surface area contributed by atoms with E-state index < -0.39 is 29.9 Å². The van der Waals surface area contributed by atoms with Crippen LogP contribution in [0.5, 0.6) is 0 Å². The zero-order valence-corrected chi connectivity index (χ0v) is 21.5. The molecule has 0 saturated heterocycles. The molecule has 1 aliphatic rings. The van der Waals surface area contributed by atoms with Crippen LogP contribution < -0.4 is 10.6 Å². The summed E-state index contributed by atoms with van der Waals surface area (Å²) in [6.07, 6.45) is -4.29. The Kier molecular flexibility index (Phi) is 8.07. The van der Waals surface area contributed by atoms with E-state index in [0.717, 1.165) is 40.1 Å². The number of nitrogens with one attached hydrogen (secondary N) is 2. The number of ether oxygens (including phenoxy) is 1. The molecule has 0 unspecified atom stereocenters. The molecule has 4 aromatic carbocycles. The van der Waals surface area contributed by atoms with Crippen molar-refractivity contribution in [3.05, 3.63) is 137 Å². The van der Waals surface area contributed by atoms with Gasteiger partial charge in [-0.3, -0.25) is 0 Å². The van der Waals surface area contributed by atoms with Crippen LogP contribution in [0.1, 0.15) is 51.9 Å². The Bertz CT molecular complexity index is 1530. The minimum absolute atomic E-state index is 0.108. The average molecular weight is 541 g/mol. The fraction of sp³-hybridized carbons (Fsp3) is 0.182. The number of amides is 1. The molecule has 0 bridgehead atoms. The van der Waals surface area contributed by atoms with Gasteiger partial charge in [0.2, 0.25) is 0 Å². The van der Waals surface area contributed by atoms with Crippen LogP contribution in [-0.2, 0) is 23.9 Å². The van der Waals surface area contributed by atoms with E-state index in [9.17, 15) is 18.0 Å². The van der Waals surface area contributed by atoms with Crippen LogP contribution >= 0.6 is 0 Å². The van der Waals surface area contributed by atoms with Gasteiger partial charge in [0.05, 0.1) is 17.6 Å². The van der Waals surface area contributed by atoms with E-state index in [1.165, 1.54) is 6.07 Å². The maximum Gasteiger partial charge on any atom is 0.416 e. The number of carbonyl (C=O) groups excluding carboxylic acids is 1. The van der Waals surface area contributed by atoms with Crippen LogP contribution in [0.15, 0.2) is 103 Å². The van der Waals surface area contributed by atoms with E-state index in [1.54, 1.807) is 6.07 Å². The zero-order valence-electron chi connectivity index (χ0n) is 21.5. The summed E-state index contributed by atoms with van der Waals surface area (Å²) in [7, 11) is 0. The second-order valence-corrected chi connectivity index (χ2v) is 9.54. The van der Waals surface area contributed by atoms with Crippen molar-refractivity contribution in [2.75, 3.05) is 5.32 Å². The highest BCUT2D eigenvalue weighted by atomic mass is 19.4. The van der Waals surface area contributed by atoms with Crippen molar-refractivity contribution in [2.24, 2.45) is 0 Å². The van der Waals surface area contributed by atoms with Gasteiger partial charge in [-0.15, -0.1) is 0 Å². The number of halogens is 3. The third-order valence-electron chi connectivity index (χ3n) is 6.75. The normalized spacial score (nSPS) is 16.1. The Labute approximate surface area is 231 Å². The number of hydrogen-bond donors (Lipinski definition) is 2. The van der Waals surface area contributed by atoms with E-state index in [1.807, 2.05) is 78.9 Å². The highest BCUT2D eigenvalue weighted by molar-refractivity contribution is 5.70. The molecular weight excluding hydrogens is 513 g/mol. The zero-order chi connectivity index (χ0) is 28.0. The minimum atomic E-state index is -4.46. The van der Waals surface area contributed by atoms with E-state index in [0.29, 0.717) is 18.4 Å². The molecule has 40 heavy (non-hydrogen) atoms. The maximum absolute atomic E-state index is 13.5. The van der Waals surface area contributed by atoms with Gasteiger partial charge < -0.3 is 15.4 Å². The van der Waals surface area contributed by atoms with E-state index in [-0.39, 0.29) is 6.61 Å². The Balaban J connectivity index is 1.43. The number of rotatable bonds is 5. The van der Waals surface area contributed by atoms with Gasteiger partial charge in [0.15, 0.2) is 0 Å². The third kappa shape index (κ3) is 6.65. The highest BCUT2D eigenvalue weighted by Crippen LogP contribution is 2.42. The summed E-state index contributed by atoms with van der Waals surface area (Å²) in [6, 6.07) is 29.0. The van der Waals surface area contributed by atoms with Crippen LogP contribution in [0, 0.1) is 11.8 Å². The number of carbonyl (C=O) groups is 1. The van der Waals surface area contributed by atoms with Crippen molar-refractivity contribution < 1.29 is 22.7 Å². The number of hydrogen-bond acceptors (Lipinski definition) is 3. The van der Waals surface area contributed by atoms with Gasteiger partial charge in [-0.2, -0.15) is 13.2 Å². The van der Waals surface area contributed by atoms with Crippen molar-refractivity contribution in [1.82, 2.24) is 5.32 Å². The molecule has 202 valence electrons. The smallest absolute Gasteiger partial charge is 0.416 e. The van der Waals surface area contributed by atoms with Gasteiger partial charge in [0, 0.05) is 17.7 Å². The molecule has 0 fully saturated rings. The first kappa shape index (κ1) is 26.9. The van der Waals surface area contributed by atoms with Crippen LogP contribution in [0.3, 0.4) is 0 Å². The molecule has 1 aliphatic heterocycles. The largest absolute Gasteiger partial charge is 0.445 e. The third-order valence-corrected chi connectivity index (χ3v) is 6.75. The van der Waals surface area contributed by atoms with E-state index >= 15 is 0 Å². The number of benzene rings is 4. The summed E-state index contributed by atoms with van der Waals surface area (Å²) in [6.45, 7) is 0.108. The van der Waals surface area contributed by atoms with E-state index in [2.05, 4.69) is 22.5 Å². The lowest BCUT2D eigenvalue weighted by Gasteiger charge is -2.35. The number of alkyl carbamates (subject to hydrolysis) is 1. The quantitative estimate of drug-likeness (QED) is 0.254. The summed E-state index contributed by atoms with van der Waals surface area (Å²) in [4.78, 5) is 12.8. The molecule has 2 atom stereocenters. The van der Waals surface area contributed by atoms with Gasteiger partial charge in [-0.1, -0.05) is 90.7 Å².